The number of rotatable bonds is 6. The third-order valence-electron chi connectivity index (χ3n) is 5.61. The second kappa shape index (κ2) is 7.49. The van der Waals surface area contributed by atoms with E-state index in [9.17, 15) is 9.90 Å². The van der Waals surface area contributed by atoms with Crippen molar-refractivity contribution in [1.29, 1.82) is 0 Å². The Balaban J connectivity index is 1.50. The summed E-state index contributed by atoms with van der Waals surface area (Å²) in [7, 11) is 0. The molecule has 4 atom stereocenters. The number of hydrogen-bond donors (Lipinski definition) is 1. The molecule has 0 unspecified atom stereocenters. The lowest BCUT2D eigenvalue weighted by atomic mass is 9.96. The van der Waals surface area contributed by atoms with E-state index in [1.165, 1.54) is 12.8 Å². The molecule has 0 aromatic rings. The molecule has 2 heterocycles. The van der Waals surface area contributed by atoms with Crippen molar-refractivity contribution in [2.45, 2.75) is 51.7 Å². The molecule has 3 fully saturated rings. The third-order valence-corrected chi connectivity index (χ3v) is 5.61. The Morgan fingerprint density at radius 2 is 1.74 bits per heavy atom. The van der Waals surface area contributed by atoms with Gasteiger partial charge in [-0.05, 0) is 32.1 Å². The fourth-order valence-corrected chi connectivity index (χ4v) is 4.21. The third kappa shape index (κ3) is 4.68. The number of ether oxygens (including phenoxy) is 1. The molecule has 2 saturated heterocycles. The van der Waals surface area contributed by atoms with Crippen LogP contribution in [0, 0.1) is 17.8 Å². The lowest BCUT2D eigenvalue weighted by molar-refractivity contribution is -0.130. The van der Waals surface area contributed by atoms with E-state index in [2.05, 4.69) is 18.7 Å². The fraction of sp³-hybridized carbons (Fsp3) is 0.944. The average molecular weight is 324 g/mol. The van der Waals surface area contributed by atoms with Gasteiger partial charge in [-0.2, -0.15) is 0 Å². The lowest BCUT2D eigenvalue weighted by Crippen LogP contribution is -2.48. The summed E-state index contributed by atoms with van der Waals surface area (Å²) in [5.41, 5.74) is 0. The predicted molar refractivity (Wildman–Crippen MR) is 89.1 cm³/mol. The first kappa shape index (κ1) is 17.2. The van der Waals surface area contributed by atoms with Gasteiger partial charge in [0.25, 0.3) is 0 Å². The van der Waals surface area contributed by atoms with Gasteiger partial charge < -0.3 is 14.7 Å². The van der Waals surface area contributed by atoms with E-state index in [-0.39, 0.29) is 24.7 Å². The van der Waals surface area contributed by atoms with Crippen LogP contribution in [0.1, 0.15) is 39.5 Å². The number of amides is 1. The first-order valence-electron chi connectivity index (χ1n) is 9.31. The number of nitrogens with zero attached hydrogens (tertiary/aromatic N) is 2. The highest BCUT2D eigenvalue weighted by molar-refractivity contribution is 5.76. The summed E-state index contributed by atoms with van der Waals surface area (Å²) in [6.07, 6.45) is 4.90. The van der Waals surface area contributed by atoms with Gasteiger partial charge in [0.1, 0.15) is 0 Å². The predicted octanol–water partition coefficient (Wildman–Crippen LogP) is 1.35. The minimum atomic E-state index is 0.187. The van der Waals surface area contributed by atoms with Crippen LogP contribution in [-0.4, -0.2) is 72.4 Å². The number of aliphatic hydroxyl groups is 1. The van der Waals surface area contributed by atoms with E-state index in [0.717, 1.165) is 45.1 Å². The van der Waals surface area contributed by atoms with E-state index < -0.39 is 0 Å². The van der Waals surface area contributed by atoms with Gasteiger partial charge in [0.05, 0.1) is 12.2 Å². The Morgan fingerprint density at radius 1 is 1.09 bits per heavy atom. The highest BCUT2D eigenvalue weighted by atomic mass is 16.5. The smallest absolute Gasteiger partial charge is 0.222 e. The molecule has 0 aromatic carbocycles. The second-order valence-electron chi connectivity index (χ2n) is 7.96. The SMILES string of the molecule is C[C@@H]1CN(C[C@@H]2CN(C(=O)CCC3CC3)C[C@@H]2CO)C[C@H](C)O1. The lowest BCUT2D eigenvalue weighted by Gasteiger charge is -2.37. The Kier molecular flexibility index (Phi) is 5.60. The largest absolute Gasteiger partial charge is 0.396 e. The van der Waals surface area contributed by atoms with Gasteiger partial charge in [0, 0.05) is 51.7 Å². The summed E-state index contributed by atoms with van der Waals surface area (Å²) in [4.78, 5) is 16.8. The van der Waals surface area contributed by atoms with Gasteiger partial charge in [0.15, 0.2) is 0 Å². The molecular weight excluding hydrogens is 292 g/mol. The molecule has 0 aromatic heterocycles. The molecule has 1 aliphatic carbocycles. The zero-order valence-corrected chi connectivity index (χ0v) is 14.6. The van der Waals surface area contributed by atoms with Crippen molar-refractivity contribution in [3.8, 4) is 0 Å². The van der Waals surface area contributed by atoms with Gasteiger partial charge >= 0.3 is 0 Å². The average Bonchev–Trinajstić information content (AvgIpc) is 3.23. The van der Waals surface area contributed by atoms with E-state index in [1.807, 2.05) is 4.90 Å². The highest BCUT2D eigenvalue weighted by Gasteiger charge is 2.37. The van der Waals surface area contributed by atoms with Crippen LogP contribution in [0.3, 0.4) is 0 Å². The van der Waals surface area contributed by atoms with Crippen molar-refractivity contribution in [1.82, 2.24) is 9.80 Å². The van der Waals surface area contributed by atoms with Crippen molar-refractivity contribution >= 4 is 5.91 Å². The molecule has 0 spiro atoms. The van der Waals surface area contributed by atoms with Crippen molar-refractivity contribution in [3.05, 3.63) is 0 Å². The topological polar surface area (TPSA) is 53.0 Å². The monoisotopic (exact) mass is 324 g/mol. The highest BCUT2D eigenvalue weighted by Crippen LogP contribution is 2.34. The van der Waals surface area contributed by atoms with Crippen LogP contribution in [0.4, 0.5) is 0 Å². The van der Waals surface area contributed by atoms with Crippen molar-refractivity contribution in [2.24, 2.45) is 17.8 Å². The van der Waals surface area contributed by atoms with E-state index >= 15 is 0 Å². The van der Waals surface area contributed by atoms with Crippen LogP contribution in [0.25, 0.3) is 0 Å². The maximum absolute atomic E-state index is 12.4. The van der Waals surface area contributed by atoms with Crippen molar-refractivity contribution in [3.63, 3.8) is 0 Å². The van der Waals surface area contributed by atoms with Crippen LogP contribution in [-0.2, 0) is 9.53 Å². The first-order chi connectivity index (χ1) is 11.0. The zero-order chi connectivity index (χ0) is 16.4. The van der Waals surface area contributed by atoms with Gasteiger partial charge in [-0.1, -0.05) is 12.8 Å². The molecule has 3 aliphatic rings. The van der Waals surface area contributed by atoms with E-state index in [0.29, 0.717) is 18.2 Å². The summed E-state index contributed by atoms with van der Waals surface area (Å²) >= 11 is 0. The Bertz CT molecular complexity index is 403. The standard InChI is InChI=1S/C18H32N2O3/c1-13-7-19(8-14(2)23-13)9-16-10-20(11-17(16)12-21)18(22)6-5-15-3-4-15/h13-17,21H,3-12H2,1-2H3/t13-,14+,16-,17-/m1/s1. The number of morpholine rings is 1. The number of likely N-dealkylation sites (tertiary alicyclic amines) is 1. The van der Waals surface area contributed by atoms with E-state index in [1.54, 1.807) is 0 Å². The summed E-state index contributed by atoms with van der Waals surface area (Å²) in [6.45, 7) is 8.85. The Morgan fingerprint density at radius 3 is 2.35 bits per heavy atom. The molecule has 1 saturated carbocycles. The summed E-state index contributed by atoms with van der Waals surface area (Å²) in [5.74, 6) is 1.72. The molecule has 0 radical (unpaired) electrons. The minimum absolute atomic E-state index is 0.187. The molecular formula is C18H32N2O3. The molecule has 2 aliphatic heterocycles. The summed E-state index contributed by atoms with van der Waals surface area (Å²) < 4.78 is 5.80. The molecule has 23 heavy (non-hydrogen) atoms. The number of hydrogen-bond acceptors (Lipinski definition) is 4. The maximum Gasteiger partial charge on any atom is 0.222 e. The minimum Gasteiger partial charge on any atom is -0.396 e. The fourth-order valence-electron chi connectivity index (χ4n) is 4.21. The molecule has 5 heteroatoms. The molecule has 1 N–H and O–H groups in total. The molecule has 0 bridgehead atoms. The molecule has 3 rings (SSSR count). The van der Waals surface area contributed by atoms with Crippen LogP contribution < -0.4 is 0 Å². The van der Waals surface area contributed by atoms with E-state index in [4.69, 9.17) is 4.74 Å². The number of aliphatic hydroxyl groups excluding tert-OH is 1. The van der Waals surface area contributed by atoms with Crippen molar-refractivity contribution < 1.29 is 14.6 Å². The van der Waals surface area contributed by atoms with Gasteiger partial charge in [-0.25, -0.2) is 0 Å². The van der Waals surface area contributed by atoms with Crippen LogP contribution >= 0.6 is 0 Å². The van der Waals surface area contributed by atoms with Crippen LogP contribution in [0.15, 0.2) is 0 Å². The number of carbonyl (C=O) groups is 1. The van der Waals surface area contributed by atoms with Gasteiger partial charge in [0.2, 0.25) is 5.91 Å². The number of carbonyl (C=O) groups excluding carboxylic acids is 1. The quantitative estimate of drug-likeness (QED) is 0.801. The first-order valence-corrected chi connectivity index (χ1v) is 9.31. The van der Waals surface area contributed by atoms with Gasteiger partial charge in [-0.3, -0.25) is 9.69 Å². The Labute approximate surface area is 140 Å². The zero-order valence-electron chi connectivity index (χ0n) is 14.6. The Hall–Kier alpha value is -0.650. The summed E-state index contributed by atoms with van der Waals surface area (Å²) in [5, 5.41) is 9.72. The van der Waals surface area contributed by atoms with Crippen molar-refractivity contribution in [2.75, 3.05) is 39.3 Å². The second-order valence-corrected chi connectivity index (χ2v) is 7.96. The molecule has 132 valence electrons. The molecule has 5 nitrogen and oxygen atoms in total. The van der Waals surface area contributed by atoms with Crippen LogP contribution in [0.2, 0.25) is 0 Å². The van der Waals surface area contributed by atoms with Gasteiger partial charge in [-0.15, -0.1) is 0 Å². The maximum atomic E-state index is 12.4. The summed E-state index contributed by atoms with van der Waals surface area (Å²) in [6, 6.07) is 0. The van der Waals surface area contributed by atoms with Crippen LogP contribution in [0.5, 0.6) is 0 Å². The normalized spacial score (nSPS) is 35.7. The molecule has 1 amide bonds.